The molecule has 3 aromatic heterocycles. The molecule has 0 saturated heterocycles. The monoisotopic (exact) mass is 986 g/mol. The Balaban J connectivity index is 1.05. The fraction of sp³-hybridized carbons (Fsp3) is 0.281. The Morgan fingerprint density at radius 3 is 1.38 bits per heavy atom. The summed E-state index contributed by atoms with van der Waals surface area (Å²) < 4.78 is 0. The van der Waals surface area contributed by atoms with Crippen LogP contribution in [0.3, 0.4) is 0 Å². The van der Waals surface area contributed by atoms with E-state index in [0.29, 0.717) is 0 Å². The molecule has 4 nitrogen and oxygen atoms in total. The van der Waals surface area contributed by atoms with E-state index in [2.05, 4.69) is 166 Å². The first-order valence-electron chi connectivity index (χ1n) is 25.8. The fourth-order valence-corrected chi connectivity index (χ4v) is 14.9. The summed E-state index contributed by atoms with van der Waals surface area (Å²) in [6.07, 6.45) is 15.6. The van der Waals surface area contributed by atoms with E-state index < -0.39 is 5.97 Å². The first kappa shape index (κ1) is 48.3. The number of thiophene rings is 3. The lowest BCUT2D eigenvalue weighted by molar-refractivity contribution is -0.132. The van der Waals surface area contributed by atoms with Crippen molar-refractivity contribution in [3.8, 4) is 58.3 Å². The third kappa shape index (κ3) is 8.94. The topological polar surface area (TPSA) is 64.3 Å². The summed E-state index contributed by atoms with van der Waals surface area (Å²) in [4.78, 5) is 20.5. The number of benzene rings is 5. The second-order valence-corrected chi connectivity index (χ2v) is 22.8. The molecule has 0 unspecified atom stereocenters. The number of carboxylic acid groups (broad SMARTS) is 1. The summed E-state index contributed by atoms with van der Waals surface area (Å²) in [5.41, 5.74) is 16.0. The van der Waals surface area contributed by atoms with E-state index in [1.165, 1.54) is 145 Å². The SMILES string of the molecule is CCCCC1(CCCC)c2ccccc2-c2ccc(N(c3ccc(-c4ccc(-c5ccc(-c6ccc(/C=C(\C#N)C(=O)O)s6)s5)s4)cc3)c3ccc4c(c3)C(CCCC)(CCCC)c3ccccc3-4)cc21. The van der Waals surface area contributed by atoms with Gasteiger partial charge in [-0.3, -0.25) is 0 Å². The van der Waals surface area contributed by atoms with Crippen molar-refractivity contribution in [1.29, 1.82) is 5.26 Å². The Bertz CT molecular complexity index is 3150. The Kier molecular flexibility index (Phi) is 14.2. The van der Waals surface area contributed by atoms with Crippen molar-refractivity contribution in [2.24, 2.45) is 0 Å². The predicted octanol–water partition coefficient (Wildman–Crippen LogP) is 19.6. The van der Waals surface area contributed by atoms with Gasteiger partial charge >= 0.3 is 5.97 Å². The largest absolute Gasteiger partial charge is 0.477 e. The minimum Gasteiger partial charge on any atom is -0.477 e. The summed E-state index contributed by atoms with van der Waals surface area (Å²) in [5, 5.41) is 18.6. The number of hydrogen-bond acceptors (Lipinski definition) is 6. The lowest BCUT2D eigenvalue weighted by Crippen LogP contribution is -2.26. The molecular formula is C64H62N2O2S3. The molecule has 1 N–H and O–H groups in total. The smallest absolute Gasteiger partial charge is 0.346 e. The van der Waals surface area contributed by atoms with Gasteiger partial charge in [-0.25, -0.2) is 4.79 Å². The van der Waals surface area contributed by atoms with E-state index in [0.717, 1.165) is 46.0 Å². The molecule has 8 aromatic rings. The van der Waals surface area contributed by atoms with E-state index >= 15 is 0 Å². The highest BCUT2D eigenvalue weighted by Gasteiger charge is 2.44. The van der Waals surface area contributed by atoms with E-state index in [1.807, 2.05) is 12.1 Å². The predicted molar refractivity (Wildman–Crippen MR) is 303 cm³/mol. The number of aliphatic carboxylic acids is 1. The zero-order valence-corrected chi connectivity index (χ0v) is 43.8. The Labute approximate surface area is 432 Å². The van der Waals surface area contributed by atoms with Crippen molar-refractivity contribution < 1.29 is 9.90 Å². The second kappa shape index (κ2) is 20.8. The van der Waals surface area contributed by atoms with Crippen LogP contribution in [-0.4, -0.2) is 11.1 Å². The molecule has 358 valence electrons. The van der Waals surface area contributed by atoms with Gasteiger partial charge in [0.05, 0.1) is 0 Å². The molecule has 0 amide bonds. The maximum absolute atomic E-state index is 11.4. The van der Waals surface area contributed by atoms with Crippen molar-refractivity contribution in [2.75, 3.05) is 4.90 Å². The van der Waals surface area contributed by atoms with Crippen LogP contribution in [0.4, 0.5) is 17.1 Å². The van der Waals surface area contributed by atoms with Crippen LogP contribution in [0.15, 0.2) is 151 Å². The van der Waals surface area contributed by atoms with Crippen molar-refractivity contribution in [3.05, 3.63) is 178 Å². The number of hydrogen-bond donors (Lipinski definition) is 1. The lowest BCUT2D eigenvalue weighted by atomic mass is 9.70. The molecule has 0 atom stereocenters. The van der Waals surface area contributed by atoms with Gasteiger partial charge in [-0.05, 0) is 155 Å². The van der Waals surface area contributed by atoms with Crippen LogP contribution < -0.4 is 4.90 Å². The second-order valence-electron chi connectivity index (χ2n) is 19.5. The van der Waals surface area contributed by atoms with E-state index in [-0.39, 0.29) is 16.4 Å². The number of anilines is 3. The van der Waals surface area contributed by atoms with E-state index in [9.17, 15) is 15.2 Å². The average Bonchev–Trinajstić information content (AvgIpc) is 4.26. The summed E-state index contributed by atoms with van der Waals surface area (Å²) in [7, 11) is 0. The van der Waals surface area contributed by atoms with Gasteiger partial charge in [0, 0.05) is 57.2 Å². The summed E-state index contributed by atoms with van der Waals surface area (Å²) in [6, 6.07) is 57.0. The van der Waals surface area contributed by atoms with Crippen molar-refractivity contribution in [2.45, 2.75) is 116 Å². The summed E-state index contributed by atoms with van der Waals surface area (Å²) >= 11 is 5.03. The van der Waals surface area contributed by atoms with Crippen LogP contribution in [0.2, 0.25) is 0 Å². The van der Waals surface area contributed by atoms with Gasteiger partial charge < -0.3 is 10.0 Å². The molecule has 71 heavy (non-hydrogen) atoms. The first-order chi connectivity index (χ1) is 34.7. The zero-order chi connectivity index (χ0) is 49.1. The van der Waals surface area contributed by atoms with Crippen LogP contribution in [0.25, 0.3) is 58.3 Å². The molecular weight excluding hydrogens is 925 g/mol. The van der Waals surface area contributed by atoms with Crippen LogP contribution in [0, 0.1) is 11.3 Å². The van der Waals surface area contributed by atoms with E-state index in [1.54, 1.807) is 28.7 Å². The maximum atomic E-state index is 11.4. The number of carboxylic acids is 1. The number of fused-ring (bicyclic) bond motifs is 6. The molecule has 7 heteroatoms. The van der Waals surface area contributed by atoms with Crippen molar-refractivity contribution in [1.82, 2.24) is 0 Å². The number of nitrogens with zero attached hydrogens (tertiary/aromatic N) is 2. The highest BCUT2D eigenvalue weighted by atomic mass is 32.1. The molecule has 5 aromatic carbocycles. The quantitative estimate of drug-likeness (QED) is 0.0610. The van der Waals surface area contributed by atoms with E-state index in [4.69, 9.17) is 0 Å². The van der Waals surface area contributed by atoms with Crippen LogP contribution in [0.1, 0.15) is 132 Å². The standard InChI is InChI=1S/C64H62N2O2S3/c1-5-9-35-63(36-10-6-2)53-19-15-13-17-49(53)51-28-25-46(40-55(51)63)66(47-26-29-52-50-18-14-16-20-54(50)64(37-11-7-3,38-12-8-4)56(52)41-47)45-23-21-43(22-24-45)57-31-32-60(70-57)61-34-33-59(71-61)58-30-27-48(69-58)39-44(42-65)62(67)68/h13-34,39-41H,5-12,35-38H2,1-4H3,(H,67,68)/b44-39+. The molecule has 0 bridgehead atoms. The van der Waals surface area contributed by atoms with Crippen LogP contribution >= 0.6 is 34.0 Å². The molecule has 10 rings (SSSR count). The molecule has 0 aliphatic heterocycles. The lowest BCUT2D eigenvalue weighted by Gasteiger charge is -2.35. The number of carbonyl (C=O) groups is 1. The molecule has 0 fully saturated rings. The van der Waals surface area contributed by atoms with Gasteiger partial charge in [0.1, 0.15) is 11.6 Å². The Morgan fingerprint density at radius 2 is 0.915 bits per heavy atom. The van der Waals surface area contributed by atoms with Gasteiger partial charge in [-0.2, -0.15) is 5.26 Å². The zero-order valence-electron chi connectivity index (χ0n) is 41.4. The maximum Gasteiger partial charge on any atom is 0.346 e. The fourth-order valence-electron chi connectivity index (χ4n) is 11.7. The number of rotatable bonds is 20. The molecule has 2 aliphatic rings. The molecule has 0 spiro atoms. The van der Waals surface area contributed by atoms with Crippen LogP contribution in [-0.2, 0) is 15.6 Å². The third-order valence-corrected chi connectivity index (χ3v) is 18.9. The Morgan fingerprint density at radius 1 is 0.507 bits per heavy atom. The average molecular weight is 987 g/mol. The van der Waals surface area contributed by atoms with Crippen LogP contribution in [0.5, 0.6) is 0 Å². The first-order valence-corrected chi connectivity index (χ1v) is 28.3. The minimum absolute atomic E-state index is 0.0210. The van der Waals surface area contributed by atoms with Gasteiger partial charge in [-0.1, -0.05) is 152 Å². The normalized spacial score (nSPS) is 13.9. The Hall–Kier alpha value is -6.30. The van der Waals surface area contributed by atoms with Gasteiger partial charge in [-0.15, -0.1) is 34.0 Å². The highest BCUT2D eigenvalue weighted by Crippen LogP contribution is 2.58. The third-order valence-electron chi connectivity index (χ3n) is 15.2. The van der Waals surface area contributed by atoms with Crippen molar-refractivity contribution >= 4 is 63.1 Å². The number of nitriles is 1. The molecule has 2 aliphatic carbocycles. The van der Waals surface area contributed by atoms with Gasteiger partial charge in [0.2, 0.25) is 0 Å². The minimum atomic E-state index is -1.21. The molecule has 0 saturated carbocycles. The van der Waals surface area contributed by atoms with Crippen molar-refractivity contribution in [3.63, 3.8) is 0 Å². The summed E-state index contributed by atoms with van der Waals surface area (Å²) in [6.45, 7) is 9.34. The summed E-state index contributed by atoms with van der Waals surface area (Å²) in [5.74, 6) is -1.21. The highest BCUT2D eigenvalue weighted by molar-refractivity contribution is 7.27. The molecule has 3 heterocycles. The molecule has 0 radical (unpaired) electrons. The number of unbranched alkanes of at least 4 members (excludes halogenated alkanes) is 4. The van der Waals surface area contributed by atoms with Gasteiger partial charge in [0.25, 0.3) is 0 Å². The van der Waals surface area contributed by atoms with Gasteiger partial charge in [0.15, 0.2) is 0 Å².